The maximum absolute atomic E-state index is 13.0. The molecule has 1 fully saturated rings. The van der Waals surface area contributed by atoms with E-state index in [-0.39, 0.29) is 23.7 Å². The van der Waals surface area contributed by atoms with Gasteiger partial charge >= 0.3 is 0 Å². The number of anilines is 1. The summed E-state index contributed by atoms with van der Waals surface area (Å²) in [4.78, 5) is 12.7. The minimum absolute atomic E-state index is 0.00699. The van der Waals surface area contributed by atoms with Crippen LogP contribution < -0.4 is 10.1 Å². The van der Waals surface area contributed by atoms with Crippen LogP contribution in [0.15, 0.2) is 27.6 Å². The van der Waals surface area contributed by atoms with Crippen molar-refractivity contribution in [2.24, 2.45) is 0 Å². The number of carbonyl (C=O) groups excluding carboxylic acids is 1. The Hall–Kier alpha value is -2.43. The van der Waals surface area contributed by atoms with Gasteiger partial charge in [0.2, 0.25) is 10.0 Å². The molecule has 0 unspecified atom stereocenters. The highest BCUT2D eigenvalue weighted by Gasteiger charge is 2.30. The Kier molecular flexibility index (Phi) is 6.01. The van der Waals surface area contributed by atoms with Crippen LogP contribution in [0.25, 0.3) is 0 Å². The second-order valence-corrected chi connectivity index (χ2v) is 8.16. The maximum Gasteiger partial charge on any atom is 0.261 e. The van der Waals surface area contributed by atoms with Gasteiger partial charge in [0.05, 0.1) is 26.0 Å². The smallest absolute Gasteiger partial charge is 0.261 e. The highest BCUT2D eigenvalue weighted by molar-refractivity contribution is 7.89. The Labute approximate surface area is 163 Å². The van der Waals surface area contributed by atoms with Crippen molar-refractivity contribution in [3.8, 4) is 5.75 Å². The quantitative estimate of drug-likeness (QED) is 0.775. The fraction of sp³-hybridized carbons (Fsp3) is 0.444. The fourth-order valence-corrected chi connectivity index (χ4v) is 4.62. The number of morpholine rings is 1. The van der Waals surface area contributed by atoms with Crippen molar-refractivity contribution in [2.45, 2.75) is 25.2 Å². The molecule has 2 heterocycles. The molecule has 0 radical (unpaired) electrons. The van der Waals surface area contributed by atoms with Gasteiger partial charge < -0.3 is 19.3 Å². The lowest BCUT2D eigenvalue weighted by Crippen LogP contribution is -2.40. The molecule has 1 aliphatic heterocycles. The molecule has 1 aromatic heterocycles. The Morgan fingerprint density at radius 3 is 2.68 bits per heavy atom. The molecule has 1 saturated heterocycles. The Balaban J connectivity index is 1.92. The van der Waals surface area contributed by atoms with Gasteiger partial charge in [-0.05, 0) is 31.5 Å². The van der Waals surface area contributed by atoms with Crippen LogP contribution in [0, 0.1) is 6.92 Å². The summed E-state index contributed by atoms with van der Waals surface area (Å²) in [6.45, 7) is 4.73. The van der Waals surface area contributed by atoms with Crippen LogP contribution in [0.2, 0.25) is 0 Å². The third-order valence-corrected chi connectivity index (χ3v) is 6.42. The molecular formula is C18H23N3O6S. The molecule has 2 aromatic rings. The van der Waals surface area contributed by atoms with E-state index in [2.05, 4.69) is 10.5 Å². The number of sulfonamides is 1. The van der Waals surface area contributed by atoms with Crippen molar-refractivity contribution >= 4 is 21.6 Å². The minimum Gasteiger partial charge on any atom is -0.495 e. The van der Waals surface area contributed by atoms with Crippen molar-refractivity contribution < 1.29 is 27.2 Å². The van der Waals surface area contributed by atoms with E-state index in [0.29, 0.717) is 42.3 Å². The van der Waals surface area contributed by atoms with Crippen molar-refractivity contribution in [3.63, 3.8) is 0 Å². The molecule has 1 aliphatic rings. The molecule has 0 aliphatic carbocycles. The van der Waals surface area contributed by atoms with Gasteiger partial charge in [0, 0.05) is 18.8 Å². The third kappa shape index (κ3) is 3.89. The van der Waals surface area contributed by atoms with E-state index < -0.39 is 15.9 Å². The number of ether oxygens (including phenoxy) is 2. The van der Waals surface area contributed by atoms with Gasteiger partial charge in [0.15, 0.2) is 0 Å². The highest BCUT2D eigenvalue weighted by atomic mass is 32.2. The molecule has 0 atom stereocenters. The van der Waals surface area contributed by atoms with Gasteiger partial charge in [-0.1, -0.05) is 12.1 Å². The first kappa shape index (κ1) is 20.3. The zero-order chi connectivity index (χ0) is 20.3. The molecular weight excluding hydrogens is 386 g/mol. The first-order chi connectivity index (χ1) is 13.4. The molecule has 9 nitrogen and oxygen atoms in total. The average molecular weight is 409 g/mol. The first-order valence-corrected chi connectivity index (χ1v) is 10.3. The predicted molar refractivity (Wildman–Crippen MR) is 101 cm³/mol. The SMILES string of the molecule is CCc1noc(C)c1C(=O)Nc1ccc(OC)c(S(=O)(=O)N2CCOCC2)c1. The summed E-state index contributed by atoms with van der Waals surface area (Å²) in [5.41, 5.74) is 1.24. The van der Waals surface area contributed by atoms with Crippen molar-refractivity contribution in [3.05, 3.63) is 35.2 Å². The zero-order valence-corrected chi connectivity index (χ0v) is 16.8. The summed E-state index contributed by atoms with van der Waals surface area (Å²) in [5.74, 6) is 0.208. The Bertz CT molecular complexity index is 964. The molecule has 3 rings (SSSR count). The lowest BCUT2D eigenvalue weighted by molar-refractivity contribution is 0.0729. The summed E-state index contributed by atoms with van der Waals surface area (Å²) in [7, 11) is -2.39. The van der Waals surface area contributed by atoms with E-state index in [1.807, 2.05) is 6.92 Å². The summed E-state index contributed by atoms with van der Waals surface area (Å²) < 4.78 is 43.0. The number of carbonyl (C=O) groups is 1. The number of benzene rings is 1. The molecule has 152 valence electrons. The van der Waals surface area contributed by atoms with Crippen LogP contribution in [0.4, 0.5) is 5.69 Å². The normalized spacial score (nSPS) is 15.4. The monoisotopic (exact) mass is 409 g/mol. The number of nitrogens with one attached hydrogen (secondary N) is 1. The lowest BCUT2D eigenvalue weighted by atomic mass is 10.1. The van der Waals surface area contributed by atoms with E-state index in [4.69, 9.17) is 14.0 Å². The van der Waals surface area contributed by atoms with Gasteiger partial charge in [-0.3, -0.25) is 4.79 Å². The molecule has 28 heavy (non-hydrogen) atoms. The Morgan fingerprint density at radius 1 is 1.32 bits per heavy atom. The molecule has 1 N–H and O–H groups in total. The van der Waals surface area contributed by atoms with Crippen molar-refractivity contribution in [1.29, 1.82) is 0 Å². The summed E-state index contributed by atoms with van der Waals surface area (Å²) in [5, 5.41) is 6.60. The van der Waals surface area contributed by atoms with E-state index in [1.165, 1.54) is 23.5 Å². The number of aryl methyl sites for hydroxylation is 2. The number of amides is 1. The molecule has 10 heteroatoms. The van der Waals surface area contributed by atoms with Gasteiger partial charge in [0.25, 0.3) is 5.91 Å². The fourth-order valence-electron chi connectivity index (χ4n) is 3.03. The standard InChI is InChI=1S/C18H23N3O6S/c1-4-14-17(12(2)27-20-14)18(22)19-13-5-6-15(25-3)16(11-13)28(23,24)21-7-9-26-10-8-21/h5-6,11H,4,7-10H2,1-3H3,(H,19,22). The Morgan fingerprint density at radius 2 is 2.04 bits per heavy atom. The molecule has 0 bridgehead atoms. The average Bonchev–Trinajstić information content (AvgIpc) is 3.09. The lowest BCUT2D eigenvalue weighted by Gasteiger charge is -2.26. The van der Waals surface area contributed by atoms with Crippen LogP contribution in [-0.2, 0) is 21.2 Å². The van der Waals surface area contributed by atoms with Crippen LogP contribution >= 0.6 is 0 Å². The number of aromatic nitrogens is 1. The molecule has 0 saturated carbocycles. The molecule has 0 spiro atoms. The maximum atomic E-state index is 13.0. The number of hydrogen-bond acceptors (Lipinski definition) is 7. The van der Waals surface area contributed by atoms with Gasteiger partial charge in [-0.15, -0.1) is 0 Å². The summed E-state index contributed by atoms with van der Waals surface area (Å²) >= 11 is 0. The van der Waals surface area contributed by atoms with Gasteiger partial charge in [-0.25, -0.2) is 8.42 Å². The van der Waals surface area contributed by atoms with Gasteiger partial charge in [-0.2, -0.15) is 4.31 Å². The number of hydrogen-bond donors (Lipinski definition) is 1. The molecule has 1 amide bonds. The van der Waals surface area contributed by atoms with Crippen LogP contribution in [-0.4, -0.2) is 57.2 Å². The summed E-state index contributed by atoms with van der Waals surface area (Å²) in [6.07, 6.45) is 0.541. The van der Waals surface area contributed by atoms with E-state index in [9.17, 15) is 13.2 Å². The van der Waals surface area contributed by atoms with Crippen molar-refractivity contribution in [1.82, 2.24) is 9.46 Å². The second kappa shape index (κ2) is 8.29. The largest absolute Gasteiger partial charge is 0.495 e. The van der Waals surface area contributed by atoms with E-state index in [1.54, 1.807) is 13.0 Å². The topological polar surface area (TPSA) is 111 Å². The van der Waals surface area contributed by atoms with E-state index in [0.717, 1.165) is 0 Å². The zero-order valence-electron chi connectivity index (χ0n) is 16.0. The van der Waals surface area contributed by atoms with Gasteiger partial charge in [0.1, 0.15) is 22.0 Å². The van der Waals surface area contributed by atoms with Crippen LogP contribution in [0.1, 0.15) is 28.7 Å². The van der Waals surface area contributed by atoms with Crippen molar-refractivity contribution in [2.75, 3.05) is 38.7 Å². The molecule has 1 aromatic carbocycles. The van der Waals surface area contributed by atoms with E-state index >= 15 is 0 Å². The second-order valence-electron chi connectivity index (χ2n) is 6.25. The number of rotatable bonds is 6. The van der Waals surface area contributed by atoms with Crippen LogP contribution in [0.5, 0.6) is 5.75 Å². The number of nitrogens with zero attached hydrogens (tertiary/aromatic N) is 2. The third-order valence-electron chi connectivity index (χ3n) is 4.50. The predicted octanol–water partition coefficient (Wildman–Crippen LogP) is 1.83. The highest BCUT2D eigenvalue weighted by Crippen LogP contribution is 2.30. The number of methoxy groups -OCH3 is 1. The van der Waals surface area contributed by atoms with Crippen LogP contribution in [0.3, 0.4) is 0 Å². The first-order valence-electron chi connectivity index (χ1n) is 8.91. The summed E-state index contributed by atoms with van der Waals surface area (Å²) in [6, 6.07) is 4.50. The minimum atomic E-state index is -3.79.